The molecule has 504 valence electrons. The highest BCUT2D eigenvalue weighted by Crippen LogP contribution is 2.68. The van der Waals surface area contributed by atoms with Crippen molar-refractivity contribution in [2.75, 3.05) is 0 Å². The number of alkyl halides is 23. The Labute approximate surface area is 482 Å². The molecular formula is C53H65F23O11. The zero-order valence-electron chi connectivity index (χ0n) is 46.7. The van der Waals surface area contributed by atoms with E-state index in [1.54, 1.807) is 6.92 Å². The van der Waals surface area contributed by atoms with Gasteiger partial charge in [0.25, 0.3) is 0 Å². The van der Waals surface area contributed by atoms with Crippen molar-refractivity contribution in [3.8, 4) is 0 Å². The fraction of sp³-hybridized carbons (Fsp3) is 0.811. The highest BCUT2D eigenvalue weighted by atomic mass is 19.4. The summed E-state index contributed by atoms with van der Waals surface area (Å²) >= 11 is 0. The summed E-state index contributed by atoms with van der Waals surface area (Å²) < 4.78 is 327. The summed E-state index contributed by atoms with van der Waals surface area (Å²) in [5, 5.41) is 10.6. The first kappa shape index (κ1) is 82.0. The fourth-order valence-electron chi connectivity index (χ4n) is 8.30. The molecule has 87 heavy (non-hydrogen) atoms. The molecule has 0 saturated heterocycles. The number of hydrogen-bond acceptors (Lipinski definition) is 11. The molecule has 2 unspecified atom stereocenters. The molecule has 0 aliphatic carbocycles. The SMILES string of the molecule is CCCCCCCCCCC(C(O)CC(=O)CCC(=O)CCC(=O)CCC(=O)CCC(=O)CCC(=O)CCC(=O)CCC(=O)CCC(=O)CCC(C)=O)C(F)(F)C(F)(F)C(F)(F)C(F)(F)C(F)(F)C(F)(F)C(F)(F)C(F)(F)C(F)(C(F)(F)F)C(F)(F)F. The lowest BCUT2D eigenvalue weighted by atomic mass is 9.78. The third-order valence-corrected chi connectivity index (χ3v) is 14.0. The normalized spacial score (nSPS) is 14.4. The molecular weight excluding hydrogens is 1250 g/mol. The number of ketones is 10. The van der Waals surface area contributed by atoms with Crippen LogP contribution in [0.2, 0.25) is 0 Å². The minimum Gasteiger partial charge on any atom is -0.392 e. The predicted molar refractivity (Wildman–Crippen MR) is 256 cm³/mol. The third kappa shape index (κ3) is 21.3. The first-order valence-electron chi connectivity index (χ1n) is 27.0. The zero-order valence-corrected chi connectivity index (χ0v) is 46.7. The molecule has 0 radical (unpaired) electrons. The molecule has 34 heteroatoms. The Morgan fingerprint density at radius 2 is 0.517 bits per heavy atom. The summed E-state index contributed by atoms with van der Waals surface area (Å²) in [6.45, 7) is 3.08. The van der Waals surface area contributed by atoms with Crippen molar-refractivity contribution in [1.29, 1.82) is 0 Å². The minimum atomic E-state index is -9.66. The Hall–Kier alpha value is -4.95. The predicted octanol–water partition coefficient (Wildman–Crippen LogP) is 14.5. The molecule has 0 amide bonds. The summed E-state index contributed by atoms with van der Waals surface area (Å²) in [7, 11) is 0. The van der Waals surface area contributed by atoms with Crippen LogP contribution in [0.3, 0.4) is 0 Å². The van der Waals surface area contributed by atoms with Crippen LogP contribution >= 0.6 is 0 Å². The molecule has 0 aliphatic rings. The molecule has 2 atom stereocenters. The van der Waals surface area contributed by atoms with Crippen molar-refractivity contribution >= 4 is 57.8 Å². The van der Waals surface area contributed by atoms with E-state index in [0.717, 1.165) is 0 Å². The molecule has 0 spiro atoms. The van der Waals surface area contributed by atoms with Gasteiger partial charge in [0, 0.05) is 122 Å². The topological polar surface area (TPSA) is 191 Å². The van der Waals surface area contributed by atoms with Crippen LogP contribution in [0.15, 0.2) is 0 Å². The molecule has 0 aromatic heterocycles. The third-order valence-electron chi connectivity index (χ3n) is 14.0. The van der Waals surface area contributed by atoms with E-state index in [4.69, 9.17) is 0 Å². The molecule has 11 nitrogen and oxygen atoms in total. The number of hydrogen-bond donors (Lipinski definition) is 1. The van der Waals surface area contributed by atoms with Gasteiger partial charge in [-0.1, -0.05) is 58.3 Å². The number of halogens is 23. The summed E-state index contributed by atoms with van der Waals surface area (Å²) in [5.74, 6) is -83.2. The van der Waals surface area contributed by atoms with E-state index in [1.165, 1.54) is 6.92 Å². The van der Waals surface area contributed by atoms with Crippen LogP contribution < -0.4 is 0 Å². The van der Waals surface area contributed by atoms with Crippen LogP contribution in [0.1, 0.15) is 194 Å². The second-order valence-corrected chi connectivity index (χ2v) is 21.0. The molecule has 0 heterocycles. The first-order valence-corrected chi connectivity index (χ1v) is 27.0. The van der Waals surface area contributed by atoms with E-state index < -0.39 is 189 Å². The van der Waals surface area contributed by atoms with Crippen LogP contribution in [-0.4, -0.2) is 134 Å². The fourth-order valence-corrected chi connectivity index (χ4v) is 8.30. The molecule has 0 saturated carbocycles. The molecule has 0 fully saturated rings. The first-order chi connectivity index (χ1) is 39.3. The smallest absolute Gasteiger partial charge is 0.392 e. The van der Waals surface area contributed by atoms with Gasteiger partial charge < -0.3 is 9.90 Å². The van der Waals surface area contributed by atoms with Gasteiger partial charge >= 0.3 is 65.4 Å². The number of aliphatic hydroxyl groups excluding tert-OH is 1. The number of rotatable bonds is 48. The number of Topliss-reactive ketones (excluding diaryl/α,β-unsaturated/α-hetero) is 10. The van der Waals surface area contributed by atoms with Gasteiger partial charge in [-0.2, -0.15) is 96.6 Å². The van der Waals surface area contributed by atoms with E-state index in [9.17, 15) is 136 Å². The average molecular weight is 1320 g/mol. The van der Waals surface area contributed by atoms with Gasteiger partial charge in [-0.15, -0.1) is 0 Å². The highest BCUT2D eigenvalue weighted by molar-refractivity contribution is 5.94. The maximum absolute atomic E-state index is 15.7. The van der Waals surface area contributed by atoms with Crippen molar-refractivity contribution in [3.63, 3.8) is 0 Å². The van der Waals surface area contributed by atoms with Crippen LogP contribution in [-0.2, 0) is 47.9 Å². The van der Waals surface area contributed by atoms with Crippen molar-refractivity contribution in [1.82, 2.24) is 0 Å². The average Bonchev–Trinajstić information content (AvgIpc) is 0.691. The lowest BCUT2D eigenvalue weighted by molar-refractivity contribution is -0.482. The van der Waals surface area contributed by atoms with Gasteiger partial charge in [0.1, 0.15) is 57.8 Å². The maximum atomic E-state index is 15.7. The molecule has 0 aliphatic heterocycles. The summed E-state index contributed by atoms with van der Waals surface area (Å²) in [6, 6.07) is 0. The summed E-state index contributed by atoms with van der Waals surface area (Å²) in [4.78, 5) is 121. The van der Waals surface area contributed by atoms with Crippen molar-refractivity contribution in [2.45, 2.75) is 265 Å². The number of carbonyl (C=O) groups is 10. The Morgan fingerprint density at radius 1 is 0.299 bits per heavy atom. The summed E-state index contributed by atoms with van der Waals surface area (Å²) in [6.07, 6.45) is -30.6. The van der Waals surface area contributed by atoms with E-state index in [-0.39, 0.29) is 101 Å². The van der Waals surface area contributed by atoms with Gasteiger partial charge in [-0.3, -0.25) is 43.2 Å². The van der Waals surface area contributed by atoms with E-state index >= 15 is 17.6 Å². The largest absolute Gasteiger partial charge is 0.438 e. The van der Waals surface area contributed by atoms with Crippen molar-refractivity contribution in [3.05, 3.63) is 0 Å². The van der Waals surface area contributed by atoms with Crippen LogP contribution in [0.25, 0.3) is 0 Å². The Bertz CT molecular complexity index is 2350. The monoisotopic (exact) mass is 1310 g/mol. The summed E-state index contributed by atoms with van der Waals surface area (Å²) in [5.41, 5.74) is -9.16. The number of unbranched alkanes of at least 4 members (excludes halogenated alkanes) is 7. The Morgan fingerprint density at radius 3 is 0.770 bits per heavy atom. The van der Waals surface area contributed by atoms with Gasteiger partial charge in [0.2, 0.25) is 0 Å². The van der Waals surface area contributed by atoms with Crippen molar-refractivity contribution in [2.24, 2.45) is 5.92 Å². The lowest BCUT2D eigenvalue weighted by Crippen LogP contribution is -2.79. The zero-order chi connectivity index (χ0) is 68.2. The van der Waals surface area contributed by atoms with E-state index in [2.05, 4.69) is 0 Å². The van der Waals surface area contributed by atoms with Crippen molar-refractivity contribution < 1.29 is 154 Å². The van der Waals surface area contributed by atoms with Gasteiger partial charge in [0.05, 0.1) is 12.0 Å². The molecule has 0 bridgehead atoms. The van der Waals surface area contributed by atoms with Crippen LogP contribution in [0, 0.1) is 5.92 Å². The number of carbonyl (C=O) groups excluding carboxylic acids is 10. The maximum Gasteiger partial charge on any atom is 0.438 e. The highest BCUT2D eigenvalue weighted by Gasteiger charge is 3.00. The van der Waals surface area contributed by atoms with Crippen LogP contribution in [0.4, 0.5) is 101 Å². The Kier molecular flexibility index (Phi) is 31.3. The standard InChI is InChI=1S/C53H65F23O11/c1-3-4-5-6-7-8-9-10-11-41(43(54,55)45(57,58)47(61,62)49(65,66)51(69,70)50(67,68)48(63,64)46(59,60)44(56,52(71,72)73)53(74,75)76)42(87)30-40(86)29-28-39(85)27-26-38(84)25-24-37(83)23-22-36(82)21-20-35(81)19-18-34(80)17-16-33(79)15-14-32(78)13-12-31(2)77/h41-42,87H,3-30H2,1-2H3. The minimum absolute atomic E-state index is 0.00936. The molecule has 0 rings (SSSR count). The second kappa shape index (κ2) is 33.2. The van der Waals surface area contributed by atoms with E-state index in [0.29, 0.717) is 25.7 Å². The van der Waals surface area contributed by atoms with Gasteiger partial charge in [-0.25, -0.2) is 4.39 Å². The molecule has 0 aromatic rings. The van der Waals surface area contributed by atoms with Gasteiger partial charge in [-0.05, 0) is 13.3 Å². The van der Waals surface area contributed by atoms with Crippen LogP contribution in [0.5, 0.6) is 0 Å². The number of aliphatic hydroxyl groups is 1. The molecule has 1 N–H and O–H groups in total. The Balaban J connectivity index is 5.87. The van der Waals surface area contributed by atoms with Gasteiger partial charge in [0.15, 0.2) is 0 Å². The lowest BCUT2D eigenvalue weighted by Gasteiger charge is -2.46. The quantitative estimate of drug-likeness (QED) is 0.0450. The second-order valence-electron chi connectivity index (χ2n) is 21.0. The van der Waals surface area contributed by atoms with E-state index in [1.807, 2.05) is 0 Å². The molecule has 0 aromatic carbocycles.